The van der Waals surface area contributed by atoms with Crippen LogP contribution in [0.25, 0.3) is 11.1 Å². The van der Waals surface area contributed by atoms with Crippen molar-refractivity contribution in [3.05, 3.63) is 47.4 Å². The van der Waals surface area contributed by atoms with Crippen LogP contribution in [-0.2, 0) is 14.4 Å². The number of rotatable bonds is 6. The topological polar surface area (TPSA) is 117 Å². The number of amides is 3. The maximum atomic E-state index is 12.7. The number of likely N-dealkylation sites (tertiary alicyclic amines) is 1. The average Bonchev–Trinajstić information content (AvgIpc) is 3.23. The van der Waals surface area contributed by atoms with E-state index in [1.165, 1.54) is 12.5 Å². The Bertz CT molecular complexity index is 966. The van der Waals surface area contributed by atoms with Crippen LogP contribution in [0.1, 0.15) is 30.6 Å². The number of aliphatic carboxylic acids is 1. The van der Waals surface area contributed by atoms with Crippen molar-refractivity contribution < 1.29 is 28.7 Å². The minimum absolute atomic E-state index is 0.185. The molecule has 0 spiro atoms. The van der Waals surface area contributed by atoms with E-state index in [0.29, 0.717) is 16.1 Å². The van der Waals surface area contributed by atoms with Gasteiger partial charge >= 0.3 is 5.97 Å². The van der Waals surface area contributed by atoms with Crippen LogP contribution in [0.4, 0.5) is 0 Å². The Morgan fingerprint density at radius 2 is 1.86 bits per heavy atom. The molecule has 0 aliphatic carbocycles. The van der Waals surface area contributed by atoms with Gasteiger partial charge in [-0.1, -0.05) is 37.6 Å². The Kier molecular flexibility index (Phi) is 5.74. The highest BCUT2D eigenvalue weighted by Crippen LogP contribution is 2.27. The minimum Gasteiger partial charge on any atom is -0.480 e. The molecule has 8 nitrogen and oxygen atoms in total. The Morgan fingerprint density at radius 3 is 2.45 bits per heavy atom. The van der Waals surface area contributed by atoms with Gasteiger partial charge in [0, 0.05) is 10.6 Å². The van der Waals surface area contributed by atoms with Gasteiger partial charge in [0.15, 0.2) is 0 Å². The zero-order valence-corrected chi connectivity index (χ0v) is 16.5. The maximum Gasteiger partial charge on any atom is 0.327 e. The average molecular weight is 419 g/mol. The highest BCUT2D eigenvalue weighted by Gasteiger charge is 2.46. The van der Waals surface area contributed by atoms with Gasteiger partial charge in [0.1, 0.15) is 18.3 Å². The molecule has 3 rings (SSSR count). The first-order valence-electron chi connectivity index (χ1n) is 8.92. The number of nitrogens with one attached hydrogen (secondary N) is 1. The monoisotopic (exact) mass is 418 g/mol. The number of furan rings is 1. The molecule has 2 heterocycles. The van der Waals surface area contributed by atoms with Gasteiger partial charge in [-0.2, -0.15) is 0 Å². The Balaban J connectivity index is 1.80. The van der Waals surface area contributed by atoms with E-state index in [-0.39, 0.29) is 12.0 Å². The number of nitrogens with zero attached hydrogens (tertiary/aromatic N) is 1. The first-order valence-corrected chi connectivity index (χ1v) is 9.30. The van der Waals surface area contributed by atoms with Gasteiger partial charge in [0.05, 0.1) is 18.2 Å². The molecule has 2 N–H and O–H groups in total. The Hall–Kier alpha value is -3.13. The summed E-state index contributed by atoms with van der Waals surface area (Å²) in [5, 5.41) is 12.4. The third-order valence-corrected chi connectivity index (χ3v) is 4.96. The second-order valence-electron chi connectivity index (χ2n) is 7.07. The molecule has 1 fully saturated rings. The van der Waals surface area contributed by atoms with Gasteiger partial charge in [-0.25, -0.2) is 4.79 Å². The maximum absolute atomic E-state index is 12.7. The standard InChI is InChI=1S/C20H19ClN2O6/c1-10(2)17(20(27)28)23-16(24)7-15(19(23)26)22-18(25)14-9-29-8-13(14)11-3-5-12(21)6-4-11/h3-6,8-10,15,17H,7H2,1-2H3,(H,22,25)(H,27,28)/t15-,17+/m0/s1. The molecule has 0 radical (unpaired) electrons. The summed E-state index contributed by atoms with van der Waals surface area (Å²) >= 11 is 5.88. The van der Waals surface area contributed by atoms with E-state index in [2.05, 4.69) is 5.32 Å². The molecule has 1 aliphatic rings. The van der Waals surface area contributed by atoms with Crippen LogP contribution in [0.3, 0.4) is 0 Å². The van der Waals surface area contributed by atoms with Crippen LogP contribution in [0.2, 0.25) is 5.02 Å². The molecule has 3 amide bonds. The second kappa shape index (κ2) is 8.08. The summed E-state index contributed by atoms with van der Waals surface area (Å²) in [6, 6.07) is 4.35. The number of carboxylic acids is 1. The summed E-state index contributed by atoms with van der Waals surface area (Å²) in [7, 11) is 0. The number of hydrogen-bond acceptors (Lipinski definition) is 5. The van der Waals surface area contributed by atoms with Gasteiger partial charge < -0.3 is 14.8 Å². The number of carbonyl (C=O) groups excluding carboxylic acids is 3. The molecule has 2 aromatic rings. The van der Waals surface area contributed by atoms with Gasteiger partial charge in [-0.05, 0) is 23.6 Å². The Morgan fingerprint density at radius 1 is 1.21 bits per heavy atom. The summed E-state index contributed by atoms with van der Waals surface area (Å²) in [6.07, 6.45) is 2.34. The molecule has 9 heteroatoms. The van der Waals surface area contributed by atoms with Crippen LogP contribution in [0, 0.1) is 5.92 Å². The van der Waals surface area contributed by atoms with E-state index in [4.69, 9.17) is 16.0 Å². The van der Waals surface area contributed by atoms with Crippen molar-refractivity contribution in [1.82, 2.24) is 10.2 Å². The number of halogens is 1. The number of carbonyl (C=O) groups is 4. The molecule has 152 valence electrons. The first-order chi connectivity index (χ1) is 13.7. The number of imide groups is 1. The van der Waals surface area contributed by atoms with E-state index in [1.54, 1.807) is 38.1 Å². The largest absolute Gasteiger partial charge is 0.480 e. The van der Waals surface area contributed by atoms with E-state index in [9.17, 15) is 24.3 Å². The number of hydrogen-bond donors (Lipinski definition) is 2. The molecule has 1 aromatic carbocycles. The van der Waals surface area contributed by atoms with Crippen LogP contribution >= 0.6 is 11.6 Å². The zero-order valence-electron chi connectivity index (χ0n) is 15.7. The minimum atomic E-state index is -1.28. The number of benzene rings is 1. The van der Waals surface area contributed by atoms with Gasteiger partial charge in [0.2, 0.25) is 5.91 Å². The molecular formula is C20H19ClN2O6. The summed E-state index contributed by atoms with van der Waals surface area (Å²) in [5.74, 6) is -3.71. The molecule has 0 saturated carbocycles. The number of carboxylic acid groups (broad SMARTS) is 1. The molecule has 0 bridgehead atoms. The van der Waals surface area contributed by atoms with Crippen LogP contribution in [0.15, 0.2) is 41.2 Å². The van der Waals surface area contributed by atoms with Crippen LogP contribution in [-0.4, -0.2) is 45.8 Å². The quantitative estimate of drug-likeness (QED) is 0.696. The molecule has 0 unspecified atom stereocenters. The summed E-state index contributed by atoms with van der Waals surface area (Å²) in [6.45, 7) is 3.21. The van der Waals surface area contributed by atoms with E-state index >= 15 is 0 Å². The first kappa shape index (κ1) is 20.6. The third kappa shape index (κ3) is 4.02. The van der Waals surface area contributed by atoms with Crippen molar-refractivity contribution in [3.8, 4) is 11.1 Å². The van der Waals surface area contributed by atoms with Crippen molar-refractivity contribution in [1.29, 1.82) is 0 Å². The van der Waals surface area contributed by atoms with Crippen LogP contribution < -0.4 is 5.32 Å². The summed E-state index contributed by atoms with van der Waals surface area (Å²) in [4.78, 5) is 49.9. The molecule has 2 atom stereocenters. The predicted octanol–water partition coefficient (Wildman–Crippen LogP) is 2.57. The second-order valence-corrected chi connectivity index (χ2v) is 7.50. The lowest BCUT2D eigenvalue weighted by atomic mass is 10.0. The fraction of sp³-hybridized carbons (Fsp3) is 0.300. The highest BCUT2D eigenvalue weighted by molar-refractivity contribution is 6.30. The van der Waals surface area contributed by atoms with Crippen LogP contribution in [0.5, 0.6) is 0 Å². The SMILES string of the molecule is CC(C)[C@H](C(=O)O)N1C(=O)C[C@H](NC(=O)c2cocc2-c2ccc(Cl)cc2)C1=O. The predicted molar refractivity (Wildman–Crippen MR) is 103 cm³/mol. The molecule has 1 aliphatic heterocycles. The lowest BCUT2D eigenvalue weighted by Gasteiger charge is -2.26. The molecule has 1 aromatic heterocycles. The van der Waals surface area contributed by atoms with Gasteiger partial charge in [-0.15, -0.1) is 0 Å². The van der Waals surface area contributed by atoms with Crippen molar-refractivity contribution in [2.45, 2.75) is 32.4 Å². The normalized spacial score (nSPS) is 17.7. The van der Waals surface area contributed by atoms with Crippen molar-refractivity contribution in [2.75, 3.05) is 0 Å². The molecular weight excluding hydrogens is 400 g/mol. The summed E-state index contributed by atoms with van der Waals surface area (Å²) < 4.78 is 5.15. The van der Waals surface area contributed by atoms with Gasteiger partial charge in [-0.3, -0.25) is 19.3 Å². The summed E-state index contributed by atoms with van der Waals surface area (Å²) in [5.41, 5.74) is 1.37. The van der Waals surface area contributed by atoms with Gasteiger partial charge in [0.25, 0.3) is 11.8 Å². The fourth-order valence-electron chi connectivity index (χ4n) is 3.31. The third-order valence-electron chi connectivity index (χ3n) is 4.71. The fourth-order valence-corrected chi connectivity index (χ4v) is 3.44. The molecule has 29 heavy (non-hydrogen) atoms. The smallest absolute Gasteiger partial charge is 0.327 e. The Labute approximate surface area is 171 Å². The van der Waals surface area contributed by atoms with Crippen molar-refractivity contribution in [3.63, 3.8) is 0 Å². The van der Waals surface area contributed by atoms with E-state index in [0.717, 1.165) is 4.90 Å². The van der Waals surface area contributed by atoms with E-state index < -0.39 is 41.7 Å². The lowest BCUT2D eigenvalue weighted by molar-refractivity contribution is -0.156. The zero-order chi connectivity index (χ0) is 21.3. The highest BCUT2D eigenvalue weighted by atomic mass is 35.5. The van der Waals surface area contributed by atoms with E-state index in [1.807, 2.05) is 0 Å². The van der Waals surface area contributed by atoms with Crippen molar-refractivity contribution in [2.24, 2.45) is 5.92 Å². The van der Waals surface area contributed by atoms with Crippen molar-refractivity contribution >= 4 is 35.3 Å². The molecule has 1 saturated heterocycles. The lowest BCUT2D eigenvalue weighted by Crippen LogP contribution is -2.50.